The third-order valence-corrected chi connectivity index (χ3v) is 2.12. The van der Waals surface area contributed by atoms with Crippen molar-refractivity contribution in [3.8, 4) is 23.2 Å². The molecule has 0 saturated carbocycles. The van der Waals surface area contributed by atoms with Crippen LogP contribution < -0.4 is 0 Å². The van der Waals surface area contributed by atoms with Gasteiger partial charge in [0.2, 0.25) is 0 Å². The summed E-state index contributed by atoms with van der Waals surface area (Å²) in [6.45, 7) is 4.37. The van der Waals surface area contributed by atoms with Gasteiger partial charge in [0.15, 0.2) is 0 Å². The molecular formula is C12H18P. The minimum Gasteiger partial charge on any atom is -0.0972 e. The molecular weight excluding hydrogens is 175 g/mol. The fourth-order valence-corrected chi connectivity index (χ4v) is 1.19. The van der Waals surface area contributed by atoms with E-state index in [1.54, 1.807) is 0 Å². The van der Waals surface area contributed by atoms with Crippen molar-refractivity contribution in [2.75, 3.05) is 0 Å². The molecule has 0 rings (SSSR count). The van der Waals surface area contributed by atoms with Crippen LogP contribution in [0.1, 0.15) is 52.4 Å². The summed E-state index contributed by atoms with van der Waals surface area (Å²) in [6.07, 6.45) is 6.94. The second-order valence-corrected chi connectivity index (χ2v) is 3.57. The summed E-state index contributed by atoms with van der Waals surface area (Å²) in [5.41, 5.74) is 6.09. The van der Waals surface area contributed by atoms with Crippen LogP contribution in [-0.2, 0) is 0 Å². The van der Waals surface area contributed by atoms with Crippen molar-refractivity contribution in [1.82, 2.24) is 0 Å². The van der Waals surface area contributed by atoms with E-state index in [-0.39, 0.29) is 0 Å². The zero-order valence-electron chi connectivity index (χ0n) is 8.69. The molecule has 71 valence electrons. The molecule has 0 aliphatic rings. The second kappa shape index (κ2) is 11.6. The Kier molecular flexibility index (Phi) is 11.2. The molecule has 0 spiro atoms. The van der Waals surface area contributed by atoms with Crippen LogP contribution in [0.25, 0.3) is 0 Å². The number of rotatable bonds is 4. The average Bonchev–Trinajstić information content (AvgIpc) is 2.16. The Morgan fingerprint density at radius 2 is 1.31 bits per heavy atom. The van der Waals surface area contributed by atoms with Crippen molar-refractivity contribution >= 4 is 8.58 Å². The summed E-state index contributed by atoms with van der Waals surface area (Å²) in [6, 6.07) is 0. The Morgan fingerprint density at radius 1 is 0.846 bits per heavy atom. The number of hydrogen-bond donors (Lipinski definition) is 0. The first-order valence-corrected chi connectivity index (χ1v) is 5.96. The van der Waals surface area contributed by atoms with Crippen molar-refractivity contribution in [1.29, 1.82) is 0 Å². The quantitative estimate of drug-likeness (QED) is 0.356. The Bertz CT molecular complexity index is 185. The van der Waals surface area contributed by atoms with E-state index >= 15 is 0 Å². The minimum absolute atomic E-state index is 0.982. The van der Waals surface area contributed by atoms with Crippen LogP contribution in [0.5, 0.6) is 0 Å². The smallest absolute Gasteiger partial charge is 0.0972 e. The van der Waals surface area contributed by atoms with E-state index in [9.17, 15) is 0 Å². The van der Waals surface area contributed by atoms with E-state index < -0.39 is 0 Å². The lowest BCUT2D eigenvalue weighted by atomic mass is 10.3. The fourth-order valence-electron chi connectivity index (χ4n) is 0.749. The highest BCUT2D eigenvalue weighted by Gasteiger charge is 1.77. The van der Waals surface area contributed by atoms with E-state index in [1.807, 2.05) is 0 Å². The molecule has 1 heteroatoms. The van der Waals surface area contributed by atoms with Gasteiger partial charge in [-0.25, -0.2) is 0 Å². The van der Waals surface area contributed by atoms with Crippen molar-refractivity contribution < 1.29 is 0 Å². The van der Waals surface area contributed by atoms with Crippen LogP contribution in [0.2, 0.25) is 0 Å². The molecule has 0 nitrogen and oxygen atoms in total. The lowest BCUT2D eigenvalue weighted by molar-refractivity contribution is 0.828. The first kappa shape index (κ1) is 12.6. The van der Waals surface area contributed by atoms with E-state index in [4.69, 9.17) is 0 Å². The number of hydrogen-bond acceptors (Lipinski definition) is 0. The summed E-state index contributed by atoms with van der Waals surface area (Å²) in [4.78, 5) is 0. The molecule has 0 heterocycles. The Morgan fingerprint density at radius 3 is 1.69 bits per heavy atom. The minimum atomic E-state index is 0.982. The SMILES string of the molecule is CCCCC#C[P]C#CCCCC. The Balaban J connectivity index is 3.28. The molecule has 0 saturated heterocycles. The maximum absolute atomic E-state index is 3.11. The summed E-state index contributed by atoms with van der Waals surface area (Å²) >= 11 is 0. The molecule has 0 atom stereocenters. The zero-order chi connectivity index (χ0) is 9.78. The average molecular weight is 193 g/mol. The lowest BCUT2D eigenvalue weighted by Gasteiger charge is -1.83. The Hall–Kier alpha value is -0.450. The lowest BCUT2D eigenvalue weighted by Crippen LogP contribution is -1.65. The molecule has 0 amide bonds. The van der Waals surface area contributed by atoms with Gasteiger partial charge in [0.25, 0.3) is 0 Å². The monoisotopic (exact) mass is 193 g/mol. The highest BCUT2D eigenvalue weighted by atomic mass is 31.1. The normalized spacial score (nSPS) is 8.15. The van der Waals surface area contributed by atoms with Crippen molar-refractivity contribution in [3.05, 3.63) is 0 Å². The van der Waals surface area contributed by atoms with Crippen molar-refractivity contribution in [2.45, 2.75) is 52.4 Å². The van der Waals surface area contributed by atoms with Gasteiger partial charge in [-0.3, -0.25) is 0 Å². The highest BCUT2D eigenvalue weighted by Crippen LogP contribution is 2.04. The van der Waals surface area contributed by atoms with Crippen LogP contribution in [0.3, 0.4) is 0 Å². The highest BCUT2D eigenvalue weighted by molar-refractivity contribution is 7.49. The molecule has 0 aromatic carbocycles. The maximum atomic E-state index is 3.11. The van der Waals surface area contributed by atoms with Crippen LogP contribution in [-0.4, -0.2) is 0 Å². The van der Waals surface area contributed by atoms with E-state index in [0.29, 0.717) is 0 Å². The van der Waals surface area contributed by atoms with Crippen LogP contribution >= 0.6 is 8.58 Å². The van der Waals surface area contributed by atoms with Gasteiger partial charge in [-0.15, -0.1) is 0 Å². The molecule has 0 fully saturated rings. The third kappa shape index (κ3) is 11.5. The van der Waals surface area contributed by atoms with E-state index in [1.165, 1.54) is 25.7 Å². The molecule has 13 heavy (non-hydrogen) atoms. The second-order valence-electron chi connectivity index (χ2n) is 2.90. The fraction of sp³-hybridized carbons (Fsp3) is 0.667. The van der Waals surface area contributed by atoms with Crippen LogP contribution in [0, 0.1) is 23.2 Å². The van der Waals surface area contributed by atoms with Gasteiger partial charge < -0.3 is 0 Å². The van der Waals surface area contributed by atoms with Gasteiger partial charge in [-0.1, -0.05) is 49.9 Å². The first-order chi connectivity index (χ1) is 6.41. The third-order valence-electron chi connectivity index (χ3n) is 1.58. The standard InChI is InChI=1S/C12H18P/c1-3-5-7-9-11-13-12-10-8-6-4-2/h3-8H2,1-2H3. The molecule has 0 aliphatic heterocycles. The first-order valence-electron chi connectivity index (χ1n) is 5.07. The summed E-state index contributed by atoms with van der Waals surface area (Å²) in [5, 5.41) is 0. The topological polar surface area (TPSA) is 0 Å². The van der Waals surface area contributed by atoms with Crippen molar-refractivity contribution in [2.24, 2.45) is 0 Å². The predicted octanol–water partition coefficient (Wildman–Crippen LogP) is 4.23. The molecule has 0 N–H and O–H groups in total. The van der Waals surface area contributed by atoms with Gasteiger partial charge in [0.1, 0.15) is 0 Å². The summed E-state index contributed by atoms with van der Waals surface area (Å²) < 4.78 is 0. The van der Waals surface area contributed by atoms with Gasteiger partial charge in [0.05, 0.1) is 8.58 Å². The molecule has 0 bridgehead atoms. The van der Waals surface area contributed by atoms with Gasteiger partial charge in [-0.05, 0) is 12.8 Å². The Labute approximate surface area is 84.7 Å². The van der Waals surface area contributed by atoms with Gasteiger partial charge >= 0.3 is 0 Å². The zero-order valence-corrected chi connectivity index (χ0v) is 9.58. The summed E-state index contributed by atoms with van der Waals surface area (Å²) in [5.74, 6) is 6.22. The van der Waals surface area contributed by atoms with Gasteiger partial charge in [0, 0.05) is 12.8 Å². The van der Waals surface area contributed by atoms with Crippen LogP contribution in [0.4, 0.5) is 0 Å². The summed E-state index contributed by atoms with van der Waals surface area (Å²) in [7, 11) is 0.982. The molecule has 1 radical (unpaired) electrons. The largest absolute Gasteiger partial charge is 0.0995 e. The maximum Gasteiger partial charge on any atom is 0.0995 e. The van der Waals surface area contributed by atoms with E-state index in [2.05, 4.69) is 37.0 Å². The molecule has 0 aliphatic carbocycles. The number of unbranched alkanes of at least 4 members (excludes halogenated alkanes) is 4. The predicted molar refractivity (Wildman–Crippen MR) is 61.5 cm³/mol. The molecule has 0 unspecified atom stereocenters. The molecule has 0 aromatic rings. The van der Waals surface area contributed by atoms with Crippen molar-refractivity contribution in [3.63, 3.8) is 0 Å². The van der Waals surface area contributed by atoms with Gasteiger partial charge in [-0.2, -0.15) is 0 Å². The molecule has 0 aromatic heterocycles. The van der Waals surface area contributed by atoms with Crippen LogP contribution in [0.15, 0.2) is 0 Å². The van der Waals surface area contributed by atoms with E-state index in [0.717, 1.165) is 21.4 Å².